The first-order valence-electron chi connectivity index (χ1n) is 7.78. The summed E-state index contributed by atoms with van der Waals surface area (Å²) in [6.07, 6.45) is 14.3. The van der Waals surface area contributed by atoms with Crippen molar-refractivity contribution in [1.82, 2.24) is 0 Å². The summed E-state index contributed by atoms with van der Waals surface area (Å²) in [6.45, 7) is 4.53. The number of ether oxygens (including phenoxy) is 1. The number of rotatable bonds is 6. The van der Waals surface area contributed by atoms with Crippen LogP contribution in [0.3, 0.4) is 0 Å². The Balaban J connectivity index is 1.90. The monoisotopic (exact) mass is 296 g/mol. The fourth-order valence-electron chi connectivity index (χ4n) is 2.35. The molecule has 1 aliphatic rings. The average Bonchev–Trinajstić information content (AvgIpc) is 2.47. The molecule has 0 bridgehead atoms. The van der Waals surface area contributed by atoms with Crippen LogP contribution in [0.2, 0.25) is 0 Å². The van der Waals surface area contributed by atoms with Crippen LogP contribution in [-0.4, -0.2) is 12.9 Å². The van der Waals surface area contributed by atoms with Crippen LogP contribution in [0.1, 0.15) is 32.3 Å². The molecule has 0 aliphatic heterocycles. The zero-order valence-corrected chi connectivity index (χ0v) is 13.4. The zero-order chi connectivity index (χ0) is 15.8. The van der Waals surface area contributed by atoms with Crippen molar-refractivity contribution in [3.05, 3.63) is 65.8 Å². The lowest BCUT2D eigenvalue weighted by molar-refractivity contribution is -0.114. The van der Waals surface area contributed by atoms with Gasteiger partial charge in [0, 0.05) is 5.41 Å². The van der Waals surface area contributed by atoms with Gasteiger partial charge in [0.05, 0.1) is 0 Å². The van der Waals surface area contributed by atoms with E-state index >= 15 is 0 Å². The highest BCUT2D eigenvalue weighted by atomic mass is 16.5. The van der Waals surface area contributed by atoms with E-state index in [1.165, 1.54) is 5.57 Å². The quantitative estimate of drug-likeness (QED) is 0.713. The van der Waals surface area contributed by atoms with Gasteiger partial charge < -0.3 is 9.53 Å². The average molecular weight is 296 g/mol. The second kappa shape index (κ2) is 7.79. The van der Waals surface area contributed by atoms with Crippen molar-refractivity contribution < 1.29 is 9.53 Å². The second-order valence-corrected chi connectivity index (χ2v) is 6.39. The van der Waals surface area contributed by atoms with Gasteiger partial charge in [0.25, 0.3) is 0 Å². The maximum atomic E-state index is 11.0. The Kier molecular flexibility index (Phi) is 5.76. The van der Waals surface area contributed by atoms with E-state index in [2.05, 4.69) is 24.3 Å². The first-order valence-corrected chi connectivity index (χ1v) is 7.78. The van der Waals surface area contributed by atoms with Crippen LogP contribution in [0.25, 0.3) is 0 Å². The van der Waals surface area contributed by atoms with Crippen LogP contribution in [-0.2, 0) is 11.2 Å². The summed E-state index contributed by atoms with van der Waals surface area (Å²) in [4.78, 5) is 11.0. The number of hydrogen-bond acceptors (Lipinski definition) is 2. The van der Waals surface area contributed by atoms with Gasteiger partial charge in [-0.2, -0.15) is 0 Å². The predicted molar refractivity (Wildman–Crippen MR) is 91.1 cm³/mol. The molecule has 0 radical (unpaired) electrons. The fourth-order valence-corrected chi connectivity index (χ4v) is 2.35. The molecule has 0 unspecified atom stereocenters. The van der Waals surface area contributed by atoms with E-state index in [1.807, 2.05) is 44.2 Å². The Hall–Kier alpha value is -2.09. The molecule has 0 amide bonds. The highest BCUT2D eigenvalue weighted by molar-refractivity contribution is 5.58. The van der Waals surface area contributed by atoms with Crippen molar-refractivity contribution >= 4 is 6.29 Å². The lowest BCUT2D eigenvalue weighted by Gasteiger charge is -2.16. The third-order valence-corrected chi connectivity index (χ3v) is 3.65. The third kappa shape index (κ3) is 5.36. The van der Waals surface area contributed by atoms with E-state index in [9.17, 15) is 4.79 Å². The molecule has 22 heavy (non-hydrogen) atoms. The van der Waals surface area contributed by atoms with Crippen molar-refractivity contribution in [3.63, 3.8) is 0 Å². The van der Waals surface area contributed by atoms with E-state index in [-0.39, 0.29) is 5.41 Å². The second-order valence-electron chi connectivity index (χ2n) is 6.39. The van der Waals surface area contributed by atoms with E-state index in [0.29, 0.717) is 6.61 Å². The first-order chi connectivity index (χ1) is 10.6. The number of hydrogen-bond donors (Lipinski definition) is 0. The lowest BCUT2D eigenvalue weighted by Crippen LogP contribution is -2.16. The molecule has 2 rings (SSSR count). The summed E-state index contributed by atoms with van der Waals surface area (Å²) in [7, 11) is 0. The largest absolute Gasteiger partial charge is 0.489 e. The van der Waals surface area contributed by atoms with Gasteiger partial charge in [-0.15, -0.1) is 0 Å². The topological polar surface area (TPSA) is 26.3 Å². The molecule has 1 aromatic carbocycles. The highest BCUT2D eigenvalue weighted by Crippen LogP contribution is 2.21. The minimum absolute atomic E-state index is 0.314. The molecular formula is C20H24O2. The van der Waals surface area contributed by atoms with Gasteiger partial charge in [0.15, 0.2) is 0 Å². The first kappa shape index (κ1) is 16.3. The van der Waals surface area contributed by atoms with Crippen LogP contribution >= 0.6 is 0 Å². The maximum Gasteiger partial charge on any atom is 0.125 e. The molecule has 0 fully saturated rings. The van der Waals surface area contributed by atoms with Gasteiger partial charge in [-0.25, -0.2) is 0 Å². The molecule has 2 heteroatoms. The zero-order valence-electron chi connectivity index (χ0n) is 13.4. The van der Waals surface area contributed by atoms with Crippen LogP contribution in [0.5, 0.6) is 5.75 Å². The molecule has 2 nitrogen and oxygen atoms in total. The molecule has 0 aromatic heterocycles. The Labute approximate surface area is 133 Å². The number of aldehydes is 1. The van der Waals surface area contributed by atoms with Gasteiger partial charge in [0.2, 0.25) is 0 Å². The van der Waals surface area contributed by atoms with E-state index < -0.39 is 0 Å². The Morgan fingerprint density at radius 1 is 1.14 bits per heavy atom. The number of carbonyl (C=O) groups is 1. The molecule has 1 aliphatic carbocycles. The van der Waals surface area contributed by atoms with Crippen molar-refractivity contribution in [1.29, 1.82) is 0 Å². The Morgan fingerprint density at radius 3 is 2.64 bits per heavy atom. The van der Waals surface area contributed by atoms with Gasteiger partial charge in [-0.1, -0.05) is 56.4 Å². The molecular weight excluding hydrogens is 272 g/mol. The van der Waals surface area contributed by atoms with Gasteiger partial charge in [-0.3, -0.25) is 0 Å². The van der Waals surface area contributed by atoms with E-state index in [4.69, 9.17) is 4.74 Å². The molecule has 0 saturated heterocycles. The minimum Gasteiger partial charge on any atom is -0.489 e. The number of allylic oxidation sites excluding steroid dienone is 5. The summed E-state index contributed by atoms with van der Waals surface area (Å²) in [5.41, 5.74) is 2.14. The van der Waals surface area contributed by atoms with Crippen LogP contribution < -0.4 is 4.74 Å². The minimum atomic E-state index is -0.314. The molecule has 0 heterocycles. The van der Waals surface area contributed by atoms with Crippen molar-refractivity contribution in [2.75, 3.05) is 6.61 Å². The highest BCUT2D eigenvalue weighted by Gasteiger charge is 2.16. The van der Waals surface area contributed by atoms with Crippen molar-refractivity contribution in [2.24, 2.45) is 5.41 Å². The van der Waals surface area contributed by atoms with E-state index in [1.54, 1.807) is 0 Å². The van der Waals surface area contributed by atoms with Crippen molar-refractivity contribution in [3.8, 4) is 5.75 Å². The third-order valence-electron chi connectivity index (χ3n) is 3.65. The Bertz CT molecular complexity index is 574. The van der Waals surface area contributed by atoms with Crippen molar-refractivity contribution in [2.45, 2.75) is 33.1 Å². The maximum absolute atomic E-state index is 11.0. The van der Waals surface area contributed by atoms with Gasteiger partial charge in [0.1, 0.15) is 18.6 Å². The van der Waals surface area contributed by atoms with Crippen LogP contribution in [0.4, 0.5) is 0 Å². The standard InChI is InChI=1S/C20H24O2/c1-20(2,16-21)14-17-10-12-19(13-11-17)22-15-18-8-6-4-3-5-7-9-18/h3-6,8,10-13,16H,7,9,14-15H2,1-2H3/b5-3-,6-4-,18-8+. The smallest absolute Gasteiger partial charge is 0.125 e. The molecule has 0 atom stereocenters. The van der Waals surface area contributed by atoms with Gasteiger partial charge in [-0.05, 0) is 42.5 Å². The summed E-state index contributed by atoms with van der Waals surface area (Å²) in [5, 5.41) is 0. The predicted octanol–water partition coefficient (Wildman–Crippen LogP) is 4.67. The lowest BCUT2D eigenvalue weighted by atomic mass is 9.87. The van der Waals surface area contributed by atoms with E-state index in [0.717, 1.165) is 36.9 Å². The summed E-state index contributed by atoms with van der Waals surface area (Å²) < 4.78 is 5.86. The fraction of sp³-hybridized carbons (Fsp3) is 0.350. The summed E-state index contributed by atoms with van der Waals surface area (Å²) in [5.74, 6) is 0.871. The molecule has 0 spiro atoms. The molecule has 0 saturated carbocycles. The molecule has 0 N–H and O–H groups in total. The normalized spacial score (nSPS) is 20.2. The summed E-state index contributed by atoms with van der Waals surface area (Å²) in [6, 6.07) is 8.04. The Morgan fingerprint density at radius 2 is 1.91 bits per heavy atom. The molecule has 1 aromatic rings. The van der Waals surface area contributed by atoms with Gasteiger partial charge >= 0.3 is 0 Å². The van der Waals surface area contributed by atoms with Crippen LogP contribution in [0, 0.1) is 5.41 Å². The SMILES string of the molecule is CC(C)(C=O)Cc1ccc(OC/C2=C/C=C\C=C/CC2)cc1. The summed E-state index contributed by atoms with van der Waals surface area (Å²) >= 11 is 0. The number of carbonyl (C=O) groups excluding carboxylic acids is 1. The van der Waals surface area contributed by atoms with Crippen LogP contribution in [0.15, 0.2) is 60.2 Å². The number of benzene rings is 1. The molecule has 116 valence electrons.